The summed E-state index contributed by atoms with van der Waals surface area (Å²) in [7, 11) is 5.95. The predicted molar refractivity (Wildman–Crippen MR) is 519 cm³/mol. The number of carbonyl (C=O) groups is 8. The Kier molecular flexibility index (Phi) is 24.3. The molecule has 4 aliphatic heterocycles. The number of amides is 8. The maximum absolute atomic E-state index is 14.6. The Morgan fingerprint density at radius 3 is 1.08 bits per heavy atom. The van der Waals surface area contributed by atoms with E-state index in [1.165, 1.54) is 14.2 Å². The normalized spacial score (nSPS) is 19.8. The van der Waals surface area contributed by atoms with Crippen molar-refractivity contribution in [3.63, 3.8) is 0 Å². The Morgan fingerprint density at radius 2 is 0.733 bits per heavy atom. The molecule has 0 radical (unpaired) electrons. The maximum atomic E-state index is 14.6. The van der Waals surface area contributed by atoms with Gasteiger partial charge in [-0.2, -0.15) is 0 Å². The van der Waals surface area contributed by atoms with Gasteiger partial charge in [-0.25, -0.2) is 29.5 Å². The first-order valence-electron chi connectivity index (χ1n) is 46.0. The lowest BCUT2D eigenvalue weighted by Gasteiger charge is -2.30. The minimum Gasteiger partial charge on any atom is -0.453 e. The van der Waals surface area contributed by atoms with Crippen LogP contribution in [0.2, 0.25) is 0 Å². The summed E-state index contributed by atoms with van der Waals surface area (Å²) in [5.41, 5.74) is 12.8. The van der Waals surface area contributed by atoms with Crippen LogP contribution in [-0.2, 0) is 47.7 Å². The third kappa shape index (κ3) is 17.3. The topological polar surface area (TPSA) is 349 Å². The Balaban J connectivity index is 0.000000252. The number of H-pyrrole nitrogens is 4. The first kappa shape index (κ1) is 86.8. The largest absolute Gasteiger partial charge is 0.453 e. The Hall–Kier alpha value is -13.6. The standard InChI is InChI=1S/C52H56N8O6.C51H54N8O6.8H2/c1-5-29(2)43(58-52(64)66-4)50(62)59-23-9-12-41(59)47-53-39-21-17-35-25-33(15-19-37(35)45(39)55-47)34-16-20-38-36(26-34)18-22-40-46(38)56-48(54-40)42-24-30(28-65-3)27-60(42)51(63)44(31-10-7-6-8-11-31)57-49(61)32-13-14-32;1-28(2)42(57-51(63)65-4)49(61)59-26-29(27-64-3)23-41(59)47-53-39-21-17-35-25-33(15-19-37(35)45(39)55-47)32-14-18-36-34(24-32)16-20-38-44(36)54-46(52-38)40-11-8-22-58(40)50(62)43(30-9-6-5-7-10-30)56-48(60)31-12-13-31;;;;;;;;/h6-8,10-11,15-22,25-26,29-30,32,41-44H,5,9,12-14,23-24,27-28H2,1-4H3,(H,53,55)(H,54,56)(H,57,61)(H,58,64);5-7,9-10,14-21,24-25,28-29,31,40-43H,8,11-13,22-23,26-27H2,1-4H3,(H,52,54)(H,53,55)(H,56,60)(H,57,63);8*1H/t29-,30-,41-,42-,43?,44+;29-,40-,41-,42-,43+;;;;;;;;/m00......../s1. The molecule has 1 unspecified atom stereocenters. The van der Waals surface area contributed by atoms with Crippen LogP contribution in [0.15, 0.2) is 182 Å². The van der Waals surface area contributed by atoms with Crippen LogP contribution in [0.5, 0.6) is 0 Å². The molecule has 6 aliphatic rings. The van der Waals surface area contributed by atoms with E-state index in [1.54, 1.807) is 14.2 Å². The van der Waals surface area contributed by atoms with Crippen molar-refractivity contribution in [3.05, 3.63) is 216 Å². The molecule has 4 aromatic heterocycles. The van der Waals surface area contributed by atoms with Gasteiger partial charge in [0.15, 0.2) is 0 Å². The molecule has 8 N–H and O–H groups in total. The van der Waals surface area contributed by atoms with Crippen molar-refractivity contribution in [3.8, 4) is 22.3 Å². The number of likely N-dealkylation sites (tertiary alicyclic amines) is 4. The van der Waals surface area contributed by atoms with Crippen molar-refractivity contribution in [2.24, 2.45) is 35.5 Å². The van der Waals surface area contributed by atoms with Gasteiger partial charge in [0.05, 0.1) is 95.7 Å². The molecular weight excluding hydrogens is 1650 g/mol. The summed E-state index contributed by atoms with van der Waals surface area (Å²) in [5.74, 6) is 2.18. The zero-order chi connectivity index (χ0) is 90.6. The van der Waals surface area contributed by atoms with Crippen molar-refractivity contribution < 1.29 is 68.7 Å². The van der Waals surface area contributed by atoms with E-state index in [0.29, 0.717) is 63.9 Å². The minimum atomic E-state index is -0.795. The summed E-state index contributed by atoms with van der Waals surface area (Å²) in [6.45, 7) is 11.0. The molecular formula is C103H126N16O12. The monoisotopic (exact) mass is 1780 g/mol. The number of carbonyl (C=O) groups excluding carboxylic acids is 8. The number of fused-ring (bicyclic) bond motifs is 12. The highest BCUT2D eigenvalue weighted by atomic mass is 16.5. The number of aromatic nitrogens is 8. The van der Waals surface area contributed by atoms with Crippen LogP contribution < -0.4 is 21.3 Å². The molecule has 6 fully saturated rings. The second-order valence-electron chi connectivity index (χ2n) is 36.7. The second-order valence-corrected chi connectivity index (χ2v) is 36.7. The van der Waals surface area contributed by atoms with E-state index in [2.05, 4.69) is 156 Å². The molecule has 14 aromatic rings. The third-order valence-corrected chi connectivity index (χ3v) is 27.7. The molecule has 2 aliphatic carbocycles. The van der Waals surface area contributed by atoms with E-state index in [4.69, 9.17) is 38.9 Å². The van der Waals surface area contributed by atoms with Gasteiger partial charge >= 0.3 is 12.2 Å². The molecule has 0 spiro atoms. The average molecular weight is 1780 g/mol. The number of methoxy groups -OCH3 is 4. The van der Waals surface area contributed by atoms with Crippen LogP contribution in [0.1, 0.15) is 180 Å². The van der Waals surface area contributed by atoms with Gasteiger partial charge in [-0.3, -0.25) is 28.8 Å². The van der Waals surface area contributed by atoms with E-state index < -0.39 is 36.4 Å². The predicted octanol–water partition coefficient (Wildman–Crippen LogP) is 18.9. The smallest absolute Gasteiger partial charge is 0.407 e. The number of aromatic amines is 4. The molecule has 8 amide bonds. The molecule has 8 heterocycles. The van der Waals surface area contributed by atoms with Crippen LogP contribution in [0.3, 0.4) is 0 Å². The van der Waals surface area contributed by atoms with Crippen molar-refractivity contribution in [1.82, 2.24) is 80.7 Å². The summed E-state index contributed by atoms with van der Waals surface area (Å²) >= 11 is 0. The molecule has 0 bridgehead atoms. The van der Waals surface area contributed by atoms with E-state index in [0.717, 1.165) is 190 Å². The fourth-order valence-electron chi connectivity index (χ4n) is 20.2. The molecule has 28 nitrogen and oxygen atoms in total. The van der Waals surface area contributed by atoms with E-state index >= 15 is 0 Å². The van der Waals surface area contributed by atoms with Gasteiger partial charge in [0.2, 0.25) is 35.4 Å². The number of ether oxygens (including phenoxy) is 4. The van der Waals surface area contributed by atoms with Crippen LogP contribution in [-0.4, -0.2) is 187 Å². The molecule has 4 saturated heterocycles. The van der Waals surface area contributed by atoms with Crippen LogP contribution in [0.25, 0.3) is 109 Å². The van der Waals surface area contributed by atoms with E-state index in [9.17, 15) is 38.4 Å². The van der Waals surface area contributed by atoms with Crippen molar-refractivity contribution in [2.75, 3.05) is 67.8 Å². The number of nitrogens with one attached hydrogen (secondary N) is 8. The van der Waals surface area contributed by atoms with Gasteiger partial charge in [-0.05, 0) is 180 Å². The first-order valence-corrected chi connectivity index (χ1v) is 46.0. The summed E-state index contributed by atoms with van der Waals surface area (Å²) in [4.78, 5) is 150. The van der Waals surface area contributed by atoms with E-state index in [1.807, 2.05) is 114 Å². The number of rotatable bonds is 25. The van der Waals surface area contributed by atoms with Crippen molar-refractivity contribution >= 4 is 135 Å². The van der Waals surface area contributed by atoms with Crippen molar-refractivity contribution in [1.29, 1.82) is 0 Å². The number of alkyl carbamates (subject to hydrolysis) is 2. The minimum absolute atomic E-state index is 0. The lowest BCUT2D eigenvalue weighted by Crippen LogP contribution is -2.51. The quantitative estimate of drug-likeness (QED) is 0.0263. The molecule has 28 heteroatoms. The highest BCUT2D eigenvalue weighted by Crippen LogP contribution is 2.45. The van der Waals surface area contributed by atoms with Gasteiger partial charge in [-0.1, -0.05) is 168 Å². The number of nitrogens with zero attached hydrogens (tertiary/aromatic N) is 8. The third-order valence-electron chi connectivity index (χ3n) is 27.7. The average Bonchev–Trinajstić information content (AvgIpc) is 1.61. The Bertz CT molecular complexity index is 6780. The number of hydrogen-bond acceptors (Lipinski definition) is 16. The highest BCUT2D eigenvalue weighted by Gasteiger charge is 2.46. The number of benzene rings is 10. The highest BCUT2D eigenvalue weighted by molar-refractivity contribution is 6.10. The molecule has 11 atom stereocenters. The summed E-state index contributed by atoms with van der Waals surface area (Å²) in [6, 6.07) is 57.3. The molecule has 20 rings (SSSR count). The van der Waals surface area contributed by atoms with Gasteiger partial charge in [0.25, 0.3) is 0 Å². The van der Waals surface area contributed by atoms with Crippen molar-refractivity contribution in [2.45, 2.75) is 147 Å². The van der Waals surface area contributed by atoms with Crippen LogP contribution in [0.4, 0.5) is 9.59 Å². The summed E-state index contributed by atoms with van der Waals surface area (Å²) in [5, 5.41) is 19.9. The van der Waals surface area contributed by atoms with Gasteiger partial charge in [0.1, 0.15) is 47.5 Å². The molecule has 2 saturated carbocycles. The fourth-order valence-corrected chi connectivity index (χ4v) is 20.2. The van der Waals surface area contributed by atoms with Gasteiger partial charge in [0, 0.05) is 97.0 Å². The fraction of sp³-hybridized carbons (Fsp3) is 0.379. The molecule has 690 valence electrons. The molecule has 131 heavy (non-hydrogen) atoms. The summed E-state index contributed by atoms with van der Waals surface area (Å²) < 4.78 is 20.8. The number of hydrogen-bond donors (Lipinski definition) is 8. The van der Waals surface area contributed by atoms with Gasteiger partial charge < -0.3 is 79.8 Å². The second kappa shape index (κ2) is 36.7. The van der Waals surface area contributed by atoms with Crippen LogP contribution in [0, 0.1) is 35.5 Å². The maximum Gasteiger partial charge on any atom is 0.407 e. The lowest BCUT2D eigenvalue weighted by molar-refractivity contribution is -0.138. The zero-order valence-corrected chi connectivity index (χ0v) is 74.9. The first-order chi connectivity index (χ1) is 63.7. The molecule has 10 aromatic carbocycles. The Morgan fingerprint density at radius 1 is 0.397 bits per heavy atom. The van der Waals surface area contributed by atoms with Gasteiger partial charge in [-0.15, -0.1) is 0 Å². The van der Waals surface area contributed by atoms with Crippen LogP contribution >= 0.6 is 0 Å². The van der Waals surface area contributed by atoms with E-state index in [-0.39, 0.29) is 107 Å². The number of imidazole rings is 4. The zero-order valence-electron chi connectivity index (χ0n) is 74.9. The lowest BCUT2D eigenvalue weighted by atomic mass is 9.97. The SMILES string of the molecule is CC[C@H](C)C(NC(=O)OC)C(=O)N1CCC[C@H]1c1nc2c(ccc3cc(-c4ccc5c(ccc6[nH]c([C@@H]7C[C@H](COC)CN7C(=O)[C@H](NC(=O)C7CC7)c7ccccc7)nc65)c4)ccc32)[nH]1.COC[C@H]1C[C@@H](c2nc3c(ccc4cc(-c5ccc6c(ccc7[nH]c([C@@H]8CCCN8C(=O)[C@H](NC(=O)C8CC8)c8ccccc8)nc76)c5)ccc43)[nH]2)N(C(=O)[C@@H](NC(=O)OC)C(C)C)C1.[HH].[HH].[HH].[HH].[HH].[HH].[HH].[HH]. The Labute approximate surface area is 769 Å². The summed E-state index contributed by atoms with van der Waals surface area (Å²) in [6.07, 6.45) is 7.50.